The first kappa shape index (κ1) is 10.4. The number of nitrogens with zero attached hydrogens (tertiary/aromatic N) is 2. The second-order valence-electron chi connectivity index (χ2n) is 2.93. The third-order valence-corrected chi connectivity index (χ3v) is 3.06. The average molecular weight is 241 g/mol. The maximum Gasteiger partial charge on any atom is 0.177 e. The number of methoxy groups -OCH3 is 1. The van der Waals surface area contributed by atoms with Gasteiger partial charge in [0.05, 0.1) is 17.7 Å². The van der Waals surface area contributed by atoms with E-state index in [-0.39, 0.29) is 0 Å². The van der Waals surface area contributed by atoms with Crippen molar-refractivity contribution < 1.29 is 4.74 Å². The highest BCUT2D eigenvalue weighted by Gasteiger charge is 2.11. The predicted molar refractivity (Wildman–Crippen MR) is 61.6 cm³/mol. The molecule has 0 spiro atoms. The molecule has 0 bridgehead atoms. The first-order chi connectivity index (χ1) is 7.22. The third kappa shape index (κ3) is 1.96. The molecule has 0 saturated heterocycles. The molecule has 5 heteroatoms. The van der Waals surface area contributed by atoms with Crippen LogP contribution in [-0.4, -0.2) is 17.1 Å². The highest BCUT2D eigenvalue weighted by molar-refractivity contribution is 7.13. The summed E-state index contributed by atoms with van der Waals surface area (Å²) >= 11 is 7.56. The van der Waals surface area contributed by atoms with Gasteiger partial charge in [-0.05, 0) is 18.4 Å². The lowest BCUT2D eigenvalue weighted by Crippen LogP contribution is -1.96. The number of aromatic nitrogens is 2. The highest BCUT2D eigenvalue weighted by atomic mass is 35.5. The van der Waals surface area contributed by atoms with Gasteiger partial charge in [-0.2, -0.15) is 0 Å². The predicted octanol–water partition coefficient (Wildman–Crippen LogP) is 3.18. The zero-order chi connectivity index (χ0) is 10.8. The molecule has 0 aromatic carbocycles. The van der Waals surface area contributed by atoms with Gasteiger partial charge in [-0.25, -0.2) is 9.97 Å². The Hall–Kier alpha value is -1.13. The fourth-order valence-corrected chi connectivity index (χ4v) is 2.23. The molecule has 78 valence electrons. The van der Waals surface area contributed by atoms with E-state index in [1.807, 2.05) is 24.4 Å². The lowest BCUT2D eigenvalue weighted by molar-refractivity contribution is 0.407. The third-order valence-electron chi connectivity index (χ3n) is 1.94. The van der Waals surface area contributed by atoms with Crippen LogP contribution in [0.2, 0.25) is 5.15 Å². The molecule has 0 radical (unpaired) electrons. The van der Waals surface area contributed by atoms with E-state index in [1.165, 1.54) is 0 Å². The maximum atomic E-state index is 5.98. The average Bonchev–Trinajstić information content (AvgIpc) is 2.69. The van der Waals surface area contributed by atoms with Crippen LogP contribution in [0.3, 0.4) is 0 Å². The molecule has 0 aliphatic carbocycles. The number of halogens is 1. The summed E-state index contributed by atoms with van der Waals surface area (Å²) in [4.78, 5) is 9.53. The van der Waals surface area contributed by atoms with Crippen LogP contribution >= 0.6 is 22.9 Å². The molecule has 3 nitrogen and oxygen atoms in total. The minimum absolute atomic E-state index is 0.355. The van der Waals surface area contributed by atoms with Gasteiger partial charge in [0.15, 0.2) is 16.7 Å². The monoisotopic (exact) mass is 240 g/mol. The van der Waals surface area contributed by atoms with E-state index in [4.69, 9.17) is 16.3 Å². The Morgan fingerprint density at radius 3 is 2.73 bits per heavy atom. The summed E-state index contributed by atoms with van der Waals surface area (Å²) in [7, 11) is 1.56. The van der Waals surface area contributed by atoms with E-state index < -0.39 is 0 Å². The van der Waals surface area contributed by atoms with Crippen LogP contribution in [0.1, 0.15) is 5.69 Å². The van der Waals surface area contributed by atoms with Crippen molar-refractivity contribution in [3.63, 3.8) is 0 Å². The Labute approximate surface area is 96.7 Å². The van der Waals surface area contributed by atoms with E-state index in [9.17, 15) is 0 Å². The second-order valence-corrected chi connectivity index (χ2v) is 4.24. The number of rotatable bonds is 2. The lowest BCUT2D eigenvalue weighted by Gasteiger charge is -2.06. The summed E-state index contributed by atoms with van der Waals surface area (Å²) in [5, 5.41) is 2.33. The summed E-state index contributed by atoms with van der Waals surface area (Å²) in [5.41, 5.74) is 0.751. The van der Waals surface area contributed by atoms with Crippen LogP contribution in [0, 0.1) is 6.92 Å². The van der Waals surface area contributed by atoms with Gasteiger partial charge in [-0.3, -0.25) is 0 Å². The summed E-state index contributed by atoms with van der Waals surface area (Å²) in [6.07, 6.45) is 0. The molecule has 0 aliphatic rings. The van der Waals surface area contributed by atoms with Crippen molar-refractivity contribution in [3.05, 3.63) is 28.4 Å². The van der Waals surface area contributed by atoms with E-state index in [0.717, 1.165) is 10.6 Å². The number of hydrogen-bond acceptors (Lipinski definition) is 4. The molecular formula is C10H9ClN2OS. The molecule has 2 aromatic rings. The smallest absolute Gasteiger partial charge is 0.177 e. The second kappa shape index (κ2) is 4.16. The van der Waals surface area contributed by atoms with Crippen LogP contribution in [0.4, 0.5) is 0 Å². The molecule has 2 rings (SSSR count). The summed E-state index contributed by atoms with van der Waals surface area (Å²) in [6.45, 7) is 1.85. The Bertz CT molecular complexity index is 447. The van der Waals surface area contributed by atoms with Crippen LogP contribution in [0.5, 0.6) is 5.75 Å². The zero-order valence-electron chi connectivity index (χ0n) is 8.32. The van der Waals surface area contributed by atoms with Crippen LogP contribution in [-0.2, 0) is 0 Å². The molecule has 0 saturated carbocycles. The van der Waals surface area contributed by atoms with Gasteiger partial charge in [-0.15, -0.1) is 11.3 Å². The molecule has 0 unspecified atom stereocenters. The quantitative estimate of drug-likeness (QED) is 0.757. The minimum Gasteiger partial charge on any atom is -0.492 e. The SMILES string of the molecule is COc1c(C)nc(-c2cccs2)nc1Cl. The maximum absolute atomic E-state index is 5.98. The van der Waals surface area contributed by atoms with Crippen molar-refractivity contribution in [2.75, 3.05) is 7.11 Å². The lowest BCUT2D eigenvalue weighted by atomic mass is 10.3. The number of hydrogen-bond donors (Lipinski definition) is 0. The molecule has 0 fully saturated rings. The van der Waals surface area contributed by atoms with Gasteiger partial charge in [-0.1, -0.05) is 17.7 Å². The number of ether oxygens (including phenoxy) is 1. The summed E-state index contributed by atoms with van der Waals surface area (Å²) < 4.78 is 5.09. The fourth-order valence-electron chi connectivity index (χ4n) is 1.28. The van der Waals surface area contributed by atoms with Crippen molar-refractivity contribution in [2.24, 2.45) is 0 Å². The van der Waals surface area contributed by atoms with Crippen molar-refractivity contribution >= 4 is 22.9 Å². The molecule has 2 heterocycles. The van der Waals surface area contributed by atoms with Crippen molar-refractivity contribution in [3.8, 4) is 16.5 Å². The molecule has 0 amide bonds. The fraction of sp³-hybridized carbons (Fsp3) is 0.200. The summed E-state index contributed by atoms with van der Waals surface area (Å²) in [5.74, 6) is 1.19. The van der Waals surface area contributed by atoms with Gasteiger partial charge in [0.1, 0.15) is 0 Å². The normalized spacial score (nSPS) is 10.3. The molecule has 15 heavy (non-hydrogen) atoms. The van der Waals surface area contributed by atoms with Crippen LogP contribution < -0.4 is 4.74 Å². The zero-order valence-corrected chi connectivity index (χ0v) is 9.89. The van der Waals surface area contributed by atoms with Crippen LogP contribution in [0.15, 0.2) is 17.5 Å². The molecule has 0 aliphatic heterocycles. The van der Waals surface area contributed by atoms with Gasteiger partial charge in [0.2, 0.25) is 0 Å². The van der Waals surface area contributed by atoms with Gasteiger partial charge >= 0.3 is 0 Å². The first-order valence-corrected chi connectivity index (χ1v) is 5.60. The topological polar surface area (TPSA) is 35.0 Å². The van der Waals surface area contributed by atoms with E-state index in [1.54, 1.807) is 18.4 Å². The summed E-state index contributed by atoms with van der Waals surface area (Å²) in [6, 6.07) is 3.92. The molecule has 0 N–H and O–H groups in total. The van der Waals surface area contributed by atoms with E-state index in [2.05, 4.69) is 9.97 Å². The Kier molecular flexibility index (Phi) is 2.88. The first-order valence-electron chi connectivity index (χ1n) is 4.34. The van der Waals surface area contributed by atoms with Crippen LogP contribution in [0.25, 0.3) is 10.7 Å². The Morgan fingerprint density at radius 1 is 1.40 bits per heavy atom. The van der Waals surface area contributed by atoms with Crippen molar-refractivity contribution in [2.45, 2.75) is 6.92 Å². The Balaban J connectivity index is 2.53. The molecule has 2 aromatic heterocycles. The molecule has 0 atom stereocenters. The number of thiophene rings is 1. The largest absolute Gasteiger partial charge is 0.492 e. The van der Waals surface area contributed by atoms with Crippen molar-refractivity contribution in [1.29, 1.82) is 0 Å². The molecular weight excluding hydrogens is 232 g/mol. The highest BCUT2D eigenvalue weighted by Crippen LogP contribution is 2.29. The minimum atomic E-state index is 0.355. The number of aryl methyl sites for hydroxylation is 1. The van der Waals surface area contributed by atoms with Gasteiger partial charge < -0.3 is 4.74 Å². The van der Waals surface area contributed by atoms with E-state index in [0.29, 0.717) is 16.7 Å². The van der Waals surface area contributed by atoms with Gasteiger partial charge in [0, 0.05) is 0 Å². The van der Waals surface area contributed by atoms with Crippen molar-refractivity contribution in [1.82, 2.24) is 9.97 Å². The standard InChI is InChI=1S/C10H9ClN2OS/c1-6-8(14-2)9(11)13-10(12-6)7-4-3-5-15-7/h3-5H,1-2H3. The Morgan fingerprint density at radius 2 is 2.20 bits per heavy atom. The van der Waals surface area contributed by atoms with E-state index >= 15 is 0 Å². The van der Waals surface area contributed by atoms with Gasteiger partial charge in [0.25, 0.3) is 0 Å².